The quantitative estimate of drug-likeness (QED) is 0.187. The molecule has 0 atom stereocenters. The van der Waals surface area contributed by atoms with Gasteiger partial charge in [-0.15, -0.1) is 0 Å². The van der Waals surface area contributed by atoms with E-state index in [9.17, 15) is 18.4 Å². The molecular weight excluding hydrogens is 564 g/mol. The third-order valence-electron chi connectivity index (χ3n) is 7.41. The lowest BCUT2D eigenvalue weighted by atomic mass is 10.1. The number of hydrogen-bond acceptors (Lipinski definition) is 6. The molecule has 5 rings (SSSR count). The van der Waals surface area contributed by atoms with Gasteiger partial charge < -0.3 is 9.64 Å². The fourth-order valence-electron chi connectivity index (χ4n) is 5.29. The maximum absolute atomic E-state index is 13.6. The van der Waals surface area contributed by atoms with Crippen LogP contribution in [0.3, 0.4) is 0 Å². The molecule has 218 valence electrons. The standard InChI is InChI=1S/C31H30ClF2N5O3/c1-42-28-8-6-21(18-26(28)32)31-36-30(20-10-12-35-13-11-20)37-39(31)15-14-38(25-4-2-3-5-25)29(41)9-7-27(40)22-16-23(33)19-24(34)17-22/h6,8,10-13,16-19,25H,2-5,7,9,14-15H2,1H3. The summed E-state index contributed by atoms with van der Waals surface area (Å²) in [5.41, 5.74) is 1.45. The molecule has 8 nitrogen and oxygen atoms in total. The highest BCUT2D eigenvalue weighted by molar-refractivity contribution is 6.32. The van der Waals surface area contributed by atoms with Crippen LogP contribution in [0.2, 0.25) is 5.02 Å². The number of carbonyl (C=O) groups excluding carboxylic acids is 2. The maximum Gasteiger partial charge on any atom is 0.223 e. The SMILES string of the molecule is COc1ccc(-c2nc(-c3ccncc3)nn2CCN(C(=O)CCC(=O)c2cc(F)cc(F)c2)C2CCCC2)cc1Cl. The molecule has 4 aromatic rings. The molecule has 1 fully saturated rings. The van der Waals surface area contributed by atoms with Crippen molar-refractivity contribution in [1.82, 2.24) is 24.6 Å². The largest absolute Gasteiger partial charge is 0.495 e. The number of hydrogen-bond donors (Lipinski definition) is 0. The van der Waals surface area contributed by atoms with Gasteiger partial charge in [-0.3, -0.25) is 14.6 Å². The van der Waals surface area contributed by atoms with Gasteiger partial charge in [-0.1, -0.05) is 24.4 Å². The van der Waals surface area contributed by atoms with Gasteiger partial charge in [-0.2, -0.15) is 5.10 Å². The van der Waals surface area contributed by atoms with E-state index in [1.54, 1.807) is 36.3 Å². The van der Waals surface area contributed by atoms with Crippen molar-refractivity contribution < 1.29 is 23.1 Å². The van der Waals surface area contributed by atoms with Gasteiger partial charge in [0.05, 0.1) is 18.7 Å². The molecule has 0 saturated heterocycles. The molecular formula is C31H30ClF2N5O3. The summed E-state index contributed by atoms with van der Waals surface area (Å²) in [6.45, 7) is 0.699. The summed E-state index contributed by atoms with van der Waals surface area (Å²) < 4.78 is 34.3. The van der Waals surface area contributed by atoms with Crippen molar-refractivity contribution in [2.24, 2.45) is 0 Å². The fraction of sp³-hybridized carbons (Fsp3) is 0.323. The van der Waals surface area contributed by atoms with Crippen LogP contribution in [0.5, 0.6) is 5.75 Å². The van der Waals surface area contributed by atoms with Crippen LogP contribution < -0.4 is 4.74 Å². The van der Waals surface area contributed by atoms with Gasteiger partial charge in [-0.05, 0) is 55.3 Å². The zero-order chi connectivity index (χ0) is 29.6. The molecule has 0 bridgehead atoms. The van der Waals surface area contributed by atoms with Crippen LogP contribution >= 0.6 is 11.6 Å². The summed E-state index contributed by atoms with van der Waals surface area (Å²) in [5, 5.41) is 5.19. The lowest BCUT2D eigenvalue weighted by Crippen LogP contribution is -2.41. The van der Waals surface area contributed by atoms with E-state index in [0.29, 0.717) is 41.6 Å². The van der Waals surface area contributed by atoms with E-state index in [0.717, 1.165) is 48.9 Å². The van der Waals surface area contributed by atoms with Gasteiger partial charge in [0.15, 0.2) is 17.4 Å². The highest BCUT2D eigenvalue weighted by Crippen LogP contribution is 2.31. The number of halogens is 3. The first-order valence-corrected chi connectivity index (χ1v) is 14.2. The number of amides is 1. The highest BCUT2D eigenvalue weighted by atomic mass is 35.5. The van der Waals surface area contributed by atoms with E-state index in [2.05, 4.69) is 4.98 Å². The molecule has 0 unspecified atom stereocenters. The Hall–Kier alpha value is -4.18. The summed E-state index contributed by atoms with van der Waals surface area (Å²) in [5.74, 6) is -0.704. The van der Waals surface area contributed by atoms with E-state index in [-0.39, 0.29) is 30.4 Å². The van der Waals surface area contributed by atoms with E-state index >= 15 is 0 Å². The summed E-state index contributed by atoms with van der Waals surface area (Å²) in [7, 11) is 1.55. The first kappa shape index (κ1) is 29.3. The molecule has 2 heterocycles. The maximum atomic E-state index is 13.6. The van der Waals surface area contributed by atoms with Gasteiger partial charge in [0.1, 0.15) is 17.4 Å². The van der Waals surface area contributed by atoms with Crippen LogP contribution in [0.15, 0.2) is 60.9 Å². The lowest BCUT2D eigenvalue weighted by molar-refractivity contribution is -0.133. The molecule has 0 N–H and O–H groups in total. The summed E-state index contributed by atoms with van der Waals surface area (Å²) in [6, 6.07) is 11.7. The summed E-state index contributed by atoms with van der Waals surface area (Å²) >= 11 is 6.42. The molecule has 1 amide bonds. The minimum absolute atomic E-state index is 0.0429. The molecule has 2 aromatic heterocycles. The van der Waals surface area contributed by atoms with E-state index in [1.165, 1.54) is 0 Å². The number of ketones is 1. The van der Waals surface area contributed by atoms with Crippen LogP contribution in [-0.4, -0.2) is 56.0 Å². The van der Waals surface area contributed by atoms with E-state index < -0.39 is 17.4 Å². The molecule has 0 radical (unpaired) electrons. The van der Waals surface area contributed by atoms with Crippen molar-refractivity contribution in [2.45, 2.75) is 51.1 Å². The van der Waals surface area contributed by atoms with Gasteiger partial charge in [0, 0.05) is 60.6 Å². The second kappa shape index (κ2) is 13.2. The smallest absolute Gasteiger partial charge is 0.223 e. The van der Waals surface area contributed by atoms with Gasteiger partial charge >= 0.3 is 0 Å². The van der Waals surface area contributed by atoms with Crippen molar-refractivity contribution in [1.29, 1.82) is 0 Å². The molecule has 0 aliphatic heterocycles. The fourth-order valence-corrected chi connectivity index (χ4v) is 5.55. The monoisotopic (exact) mass is 593 g/mol. The van der Waals surface area contributed by atoms with Crippen molar-refractivity contribution in [3.63, 3.8) is 0 Å². The van der Waals surface area contributed by atoms with Gasteiger partial charge in [0.2, 0.25) is 5.91 Å². The Bertz CT molecular complexity index is 1550. The number of pyridine rings is 1. The number of benzene rings is 2. The van der Waals surface area contributed by atoms with Crippen LogP contribution in [0.1, 0.15) is 48.9 Å². The second-order valence-corrected chi connectivity index (χ2v) is 10.6. The number of aromatic nitrogens is 4. The average Bonchev–Trinajstić information content (AvgIpc) is 3.67. The average molecular weight is 594 g/mol. The van der Waals surface area contributed by atoms with Crippen LogP contribution in [0.4, 0.5) is 8.78 Å². The zero-order valence-corrected chi connectivity index (χ0v) is 23.9. The molecule has 2 aromatic carbocycles. The number of Topliss-reactive ketones (excluding diaryl/α,β-unsaturated/α-hetero) is 1. The molecule has 42 heavy (non-hydrogen) atoms. The van der Waals surface area contributed by atoms with Crippen LogP contribution in [0, 0.1) is 11.6 Å². The van der Waals surface area contributed by atoms with Crippen molar-refractivity contribution >= 4 is 23.3 Å². The Labute approximate surface area is 247 Å². The molecule has 11 heteroatoms. The third-order valence-corrected chi connectivity index (χ3v) is 7.70. The van der Waals surface area contributed by atoms with Crippen molar-refractivity contribution in [2.75, 3.05) is 13.7 Å². The van der Waals surface area contributed by atoms with Gasteiger partial charge in [0.25, 0.3) is 0 Å². The zero-order valence-electron chi connectivity index (χ0n) is 23.1. The Morgan fingerprint density at radius 1 is 1.00 bits per heavy atom. The second-order valence-electron chi connectivity index (χ2n) is 10.2. The molecule has 0 spiro atoms. The predicted octanol–water partition coefficient (Wildman–Crippen LogP) is 6.38. The number of carbonyl (C=O) groups is 2. The summed E-state index contributed by atoms with van der Waals surface area (Å²) in [4.78, 5) is 36.8. The number of methoxy groups -OCH3 is 1. The lowest BCUT2D eigenvalue weighted by Gasteiger charge is -2.29. The third kappa shape index (κ3) is 6.82. The molecule has 1 aliphatic carbocycles. The van der Waals surface area contributed by atoms with E-state index in [1.807, 2.05) is 23.1 Å². The number of ether oxygens (including phenoxy) is 1. The molecule has 1 aliphatic rings. The normalized spacial score (nSPS) is 13.3. The Morgan fingerprint density at radius 2 is 1.71 bits per heavy atom. The first-order valence-electron chi connectivity index (χ1n) is 13.8. The molecule has 1 saturated carbocycles. The minimum Gasteiger partial charge on any atom is -0.495 e. The Balaban J connectivity index is 1.37. The topological polar surface area (TPSA) is 90.2 Å². The van der Waals surface area contributed by atoms with E-state index in [4.69, 9.17) is 26.4 Å². The summed E-state index contributed by atoms with van der Waals surface area (Å²) in [6.07, 6.45) is 6.90. The van der Waals surface area contributed by atoms with Crippen molar-refractivity contribution in [3.05, 3.63) is 83.1 Å². The van der Waals surface area contributed by atoms with Crippen LogP contribution in [-0.2, 0) is 11.3 Å². The Kier molecular flexibility index (Phi) is 9.22. The Morgan fingerprint density at radius 3 is 2.38 bits per heavy atom. The number of rotatable bonds is 11. The van der Waals surface area contributed by atoms with Crippen molar-refractivity contribution in [3.8, 4) is 28.5 Å². The predicted molar refractivity (Wildman–Crippen MR) is 154 cm³/mol. The highest BCUT2D eigenvalue weighted by Gasteiger charge is 2.27. The minimum atomic E-state index is -0.829. The van der Waals surface area contributed by atoms with Gasteiger partial charge in [-0.25, -0.2) is 18.4 Å². The first-order chi connectivity index (χ1) is 20.3. The van der Waals surface area contributed by atoms with Crippen LogP contribution in [0.25, 0.3) is 22.8 Å². The number of nitrogens with zero attached hydrogens (tertiary/aromatic N) is 5.